The third-order valence-electron chi connectivity index (χ3n) is 3.65. The number of rotatable bonds is 5. The lowest BCUT2D eigenvalue weighted by Crippen LogP contribution is -2.51. The maximum atomic E-state index is 11.8. The minimum absolute atomic E-state index is 0.248. The van der Waals surface area contributed by atoms with Crippen LogP contribution >= 0.6 is 0 Å². The molecule has 1 aromatic rings. The second-order valence-corrected chi connectivity index (χ2v) is 5.40. The summed E-state index contributed by atoms with van der Waals surface area (Å²) in [4.78, 5) is 27.6. The highest BCUT2D eigenvalue weighted by atomic mass is 16.2. The summed E-state index contributed by atoms with van der Waals surface area (Å²) in [6.45, 7) is 6.22. The number of hydrogen-bond donors (Lipinski definition) is 2. The van der Waals surface area contributed by atoms with E-state index in [0.717, 1.165) is 32.6 Å². The molecule has 6 heteroatoms. The number of nitrogens with one attached hydrogen (secondary N) is 2. The quantitative estimate of drug-likeness (QED) is 0.853. The molecule has 0 bridgehead atoms. The van der Waals surface area contributed by atoms with Crippen molar-refractivity contribution in [2.45, 2.75) is 13.3 Å². The Bertz CT molecular complexity index is 484. The third kappa shape index (κ3) is 5.04. The summed E-state index contributed by atoms with van der Waals surface area (Å²) in [6, 6.07) is 9.86. The van der Waals surface area contributed by atoms with E-state index >= 15 is 0 Å². The average Bonchev–Trinajstić information content (AvgIpc) is 2.54. The minimum atomic E-state index is -0.408. The van der Waals surface area contributed by atoms with Crippen LogP contribution in [0.4, 0.5) is 10.5 Å². The van der Waals surface area contributed by atoms with Crippen LogP contribution in [0.5, 0.6) is 0 Å². The molecule has 6 nitrogen and oxygen atoms in total. The van der Waals surface area contributed by atoms with E-state index in [2.05, 4.69) is 32.6 Å². The molecular weight excluding hydrogens is 280 g/mol. The number of benzene rings is 1. The van der Waals surface area contributed by atoms with Crippen molar-refractivity contribution in [1.82, 2.24) is 15.5 Å². The number of amides is 3. The van der Waals surface area contributed by atoms with Gasteiger partial charge in [-0.3, -0.25) is 15.0 Å². The molecule has 0 aliphatic carbocycles. The molecule has 0 unspecified atom stereocenters. The summed E-state index contributed by atoms with van der Waals surface area (Å²) < 4.78 is 0. The van der Waals surface area contributed by atoms with Gasteiger partial charge >= 0.3 is 6.03 Å². The molecular formula is C16H24N4O2. The van der Waals surface area contributed by atoms with Crippen molar-refractivity contribution in [3.05, 3.63) is 30.3 Å². The second-order valence-electron chi connectivity index (χ2n) is 5.40. The highest BCUT2D eigenvalue weighted by molar-refractivity contribution is 5.95. The zero-order valence-electron chi connectivity index (χ0n) is 13.0. The van der Waals surface area contributed by atoms with Crippen LogP contribution in [0, 0.1) is 0 Å². The van der Waals surface area contributed by atoms with E-state index in [4.69, 9.17) is 0 Å². The van der Waals surface area contributed by atoms with Gasteiger partial charge in [0.05, 0.1) is 6.54 Å². The summed E-state index contributed by atoms with van der Waals surface area (Å²) >= 11 is 0. The van der Waals surface area contributed by atoms with Crippen LogP contribution in [0.25, 0.3) is 0 Å². The molecule has 1 aromatic carbocycles. The normalized spacial score (nSPS) is 15.4. The maximum absolute atomic E-state index is 11.8. The topological polar surface area (TPSA) is 64.7 Å². The summed E-state index contributed by atoms with van der Waals surface area (Å²) in [7, 11) is 0. The second kappa shape index (κ2) is 8.38. The lowest BCUT2D eigenvalue weighted by molar-refractivity contribution is -0.121. The Labute approximate surface area is 131 Å². The van der Waals surface area contributed by atoms with E-state index < -0.39 is 6.03 Å². The highest BCUT2D eigenvalue weighted by Crippen LogP contribution is 2.15. The maximum Gasteiger partial charge on any atom is 0.321 e. The highest BCUT2D eigenvalue weighted by Gasteiger charge is 2.19. The summed E-state index contributed by atoms with van der Waals surface area (Å²) in [5, 5.41) is 4.99. The number of carbonyl (C=O) groups excluding carboxylic acids is 2. The van der Waals surface area contributed by atoms with E-state index in [1.165, 1.54) is 5.69 Å². The molecule has 1 saturated heterocycles. The number of piperazine rings is 1. The SMILES string of the molecule is CCCNC(=O)NC(=O)CN1CCN(c2ccccc2)CC1. The lowest BCUT2D eigenvalue weighted by Gasteiger charge is -2.35. The molecule has 1 aliphatic rings. The Morgan fingerprint density at radius 1 is 1.09 bits per heavy atom. The molecule has 120 valence electrons. The van der Waals surface area contributed by atoms with Gasteiger partial charge in [0.1, 0.15) is 0 Å². The fourth-order valence-electron chi connectivity index (χ4n) is 2.45. The van der Waals surface area contributed by atoms with Gasteiger partial charge in [0.2, 0.25) is 5.91 Å². The van der Waals surface area contributed by atoms with Gasteiger partial charge in [-0.25, -0.2) is 4.79 Å². The summed E-state index contributed by atoms with van der Waals surface area (Å²) in [5.74, 6) is -0.248. The van der Waals surface area contributed by atoms with Crippen LogP contribution in [0.3, 0.4) is 0 Å². The molecule has 22 heavy (non-hydrogen) atoms. The minimum Gasteiger partial charge on any atom is -0.369 e. The number of hydrogen-bond acceptors (Lipinski definition) is 4. The average molecular weight is 304 g/mol. The van der Waals surface area contributed by atoms with Gasteiger partial charge in [-0.2, -0.15) is 0 Å². The first kappa shape index (κ1) is 16.3. The van der Waals surface area contributed by atoms with Crippen molar-refractivity contribution in [1.29, 1.82) is 0 Å². The lowest BCUT2D eigenvalue weighted by atomic mass is 10.2. The molecule has 1 heterocycles. The van der Waals surface area contributed by atoms with Crippen molar-refractivity contribution < 1.29 is 9.59 Å². The fourth-order valence-corrected chi connectivity index (χ4v) is 2.45. The number of anilines is 1. The molecule has 3 amide bonds. The van der Waals surface area contributed by atoms with E-state index in [0.29, 0.717) is 6.54 Å². The Balaban J connectivity index is 1.71. The van der Waals surface area contributed by atoms with Gasteiger partial charge in [0.15, 0.2) is 0 Å². The molecule has 2 N–H and O–H groups in total. The van der Waals surface area contributed by atoms with E-state index in [9.17, 15) is 9.59 Å². The largest absolute Gasteiger partial charge is 0.369 e. The Hall–Kier alpha value is -2.08. The Kier molecular flexibility index (Phi) is 6.21. The molecule has 0 radical (unpaired) electrons. The van der Waals surface area contributed by atoms with Gasteiger partial charge in [-0.15, -0.1) is 0 Å². The first-order chi connectivity index (χ1) is 10.7. The predicted octanol–water partition coefficient (Wildman–Crippen LogP) is 1.04. The molecule has 0 atom stereocenters. The molecule has 2 rings (SSSR count). The van der Waals surface area contributed by atoms with Gasteiger partial charge in [0.25, 0.3) is 0 Å². The monoisotopic (exact) mass is 304 g/mol. The molecule has 0 saturated carbocycles. The standard InChI is InChI=1S/C16H24N4O2/c1-2-8-17-16(22)18-15(21)13-19-9-11-20(12-10-19)14-6-4-3-5-7-14/h3-7H,2,8-13H2,1H3,(H2,17,18,21,22). The van der Waals surface area contributed by atoms with Crippen LogP contribution in [-0.4, -0.2) is 56.1 Å². The summed E-state index contributed by atoms with van der Waals surface area (Å²) in [5.41, 5.74) is 1.21. The molecule has 0 spiro atoms. The first-order valence-electron chi connectivity index (χ1n) is 7.79. The Morgan fingerprint density at radius 2 is 1.77 bits per heavy atom. The van der Waals surface area contributed by atoms with Crippen LogP contribution in [0.15, 0.2) is 30.3 Å². The number of carbonyl (C=O) groups is 2. The van der Waals surface area contributed by atoms with Gasteiger partial charge in [0, 0.05) is 38.4 Å². The fraction of sp³-hybridized carbons (Fsp3) is 0.500. The molecule has 1 aliphatic heterocycles. The smallest absolute Gasteiger partial charge is 0.321 e. The van der Waals surface area contributed by atoms with Gasteiger partial charge in [-0.05, 0) is 18.6 Å². The number of imide groups is 1. The van der Waals surface area contributed by atoms with Crippen molar-refractivity contribution in [3.8, 4) is 0 Å². The van der Waals surface area contributed by atoms with Crippen LogP contribution in [0.1, 0.15) is 13.3 Å². The Morgan fingerprint density at radius 3 is 2.41 bits per heavy atom. The van der Waals surface area contributed by atoms with Crippen LogP contribution in [-0.2, 0) is 4.79 Å². The predicted molar refractivity (Wildman–Crippen MR) is 86.9 cm³/mol. The van der Waals surface area contributed by atoms with E-state index in [1.54, 1.807) is 0 Å². The molecule has 1 fully saturated rings. The van der Waals surface area contributed by atoms with Crippen molar-refractivity contribution in [2.75, 3.05) is 44.2 Å². The third-order valence-corrected chi connectivity index (χ3v) is 3.65. The first-order valence-corrected chi connectivity index (χ1v) is 7.79. The number of para-hydroxylation sites is 1. The van der Waals surface area contributed by atoms with E-state index in [-0.39, 0.29) is 12.5 Å². The summed E-state index contributed by atoms with van der Waals surface area (Å²) in [6.07, 6.45) is 0.850. The van der Waals surface area contributed by atoms with Gasteiger partial charge in [-0.1, -0.05) is 25.1 Å². The van der Waals surface area contributed by atoms with Crippen molar-refractivity contribution >= 4 is 17.6 Å². The zero-order valence-corrected chi connectivity index (χ0v) is 13.0. The van der Waals surface area contributed by atoms with Gasteiger partial charge < -0.3 is 10.2 Å². The van der Waals surface area contributed by atoms with Crippen LogP contribution < -0.4 is 15.5 Å². The number of urea groups is 1. The zero-order chi connectivity index (χ0) is 15.8. The number of nitrogens with zero attached hydrogens (tertiary/aromatic N) is 2. The molecule has 0 aromatic heterocycles. The van der Waals surface area contributed by atoms with Crippen molar-refractivity contribution in [3.63, 3.8) is 0 Å². The van der Waals surface area contributed by atoms with Crippen LogP contribution in [0.2, 0.25) is 0 Å². The van der Waals surface area contributed by atoms with E-state index in [1.807, 2.05) is 25.1 Å². The van der Waals surface area contributed by atoms with Crippen molar-refractivity contribution in [2.24, 2.45) is 0 Å².